The van der Waals surface area contributed by atoms with Crippen molar-refractivity contribution in [1.29, 1.82) is 0 Å². The van der Waals surface area contributed by atoms with Crippen LogP contribution >= 0.6 is 0 Å². The number of benzene rings is 1. The number of aromatic amines is 1. The molecule has 1 saturated carbocycles. The normalized spacial score (nSPS) is 14.5. The number of hydrogen-bond donors (Lipinski definition) is 1. The Morgan fingerprint density at radius 2 is 1.91 bits per heavy atom. The molecule has 33 heavy (non-hydrogen) atoms. The van der Waals surface area contributed by atoms with Gasteiger partial charge in [-0.25, -0.2) is 4.68 Å². The van der Waals surface area contributed by atoms with E-state index in [1.807, 2.05) is 36.0 Å². The third kappa shape index (κ3) is 4.57. The van der Waals surface area contributed by atoms with Gasteiger partial charge in [-0.05, 0) is 65.9 Å². The van der Waals surface area contributed by atoms with Crippen LogP contribution in [0.25, 0.3) is 10.9 Å². The van der Waals surface area contributed by atoms with E-state index in [0.717, 1.165) is 51.8 Å². The predicted molar refractivity (Wildman–Crippen MR) is 127 cm³/mol. The zero-order valence-corrected chi connectivity index (χ0v) is 19.2. The maximum absolute atomic E-state index is 13.0. The highest BCUT2D eigenvalue weighted by Gasteiger charge is 2.23. The van der Waals surface area contributed by atoms with Gasteiger partial charge in [0.2, 0.25) is 0 Å². The van der Waals surface area contributed by atoms with Gasteiger partial charge < -0.3 is 4.98 Å². The number of fused-ring (bicyclic) bond motifs is 1. The van der Waals surface area contributed by atoms with E-state index < -0.39 is 0 Å². The van der Waals surface area contributed by atoms with Crippen LogP contribution in [0.15, 0.2) is 47.5 Å². The van der Waals surface area contributed by atoms with Crippen LogP contribution in [0.5, 0.6) is 0 Å². The minimum atomic E-state index is -0.0530. The molecule has 1 fully saturated rings. The van der Waals surface area contributed by atoms with Crippen molar-refractivity contribution < 1.29 is 0 Å². The van der Waals surface area contributed by atoms with Crippen LogP contribution in [-0.4, -0.2) is 35.1 Å². The molecule has 8 nitrogen and oxygen atoms in total. The van der Waals surface area contributed by atoms with Gasteiger partial charge in [0.05, 0.1) is 18.1 Å². The molecule has 1 aliphatic carbocycles. The summed E-state index contributed by atoms with van der Waals surface area (Å²) in [5.74, 6) is 0.843. The summed E-state index contributed by atoms with van der Waals surface area (Å²) in [5, 5.41) is 13.7. The predicted octanol–water partition coefficient (Wildman–Crippen LogP) is 3.84. The largest absolute Gasteiger partial charge is 0.321 e. The molecule has 0 saturated heterocycles. The number of H-pyrrole nitrogens is 1. The highest BCUT2D eigenvalue weighted by atomic mass is 16.1. The lowest BCUT2D eigenvalue weighted by molar-refractivity contribution is 0.231. The summed E-state index contributed by atoms with van der Waals surface area (Å²) in [6.45, 7) is 5.80. The molecule has 4 aromatic rings. The van der Waals surface area contributed by atoms with Gasteiger partial charge in [-0.2, -0.15) is 0 Å². The highest BCUT2D eigenvalue weighted by molar-refractivity contribution is 5.85. The van der Waals surface area contributed by atoms with Gasteiger partial charge in [-0.15, -0.1) is 5.10 Å². The van der Waals surface area contributed by atoms with E-state index in [2.05, 4.69) is 49.4 Å². The number of nitrogens with zero attached hydrogens (tertiary/aromatic N) is 6. The van der Waals surface area contributed by atoms with E-state index in [9.17, 15) is 4.79 Å². The monoisotopic (exact) mass is 443 g/mol. The molecule has 0 atom stereocenters. The second-order valence-corrected chi connectivity index (χ2v) is 9.10. The molecular weight excluding hydrogens is 414 g/mol. The second kappa shape index (κ2) is 9.23. The third-order valence-electron chi connectivity index (χ3n) is 6.64. The van der Waals surface area contributed by atoms with Gasteiger partial charge in [0.25, 0.3) is 5.56 Å². The Kier molecular flexibility index (Phi) is 6.00. The van der Waals surface area contributed by atoms with Crippen molar-refractivity contribution in [1.82, 2.24) is 35.1 Å². The van der Waals surface area contributed by atoms with Crippen molar-refractivity contribution in [3.63, 3.8) is 0 Å². The number of nitrogens with one attached hydrogen (secondary N) is 1. The minimum Gasteiger partial charge on any atom is -0.321 e. The summed E-state index contributed by atoms with van der Waals surface area (Å²) in [5.41, 5.74) is 4.90. The Morgan fingerprint density at radius 3 is 2.70 bits per heavy atom. The minimum absolute atomic E-state index is 0.0530. The zero-order chi connectivity index (χ0) is 22.8. The molecule has 1 aromatic carbocycles. The lowest BCUT2D eigenvalue weighted by Crippen LogP contribution is -2.28. The van der Waals surface area contributed by atoms with Crippen LogP contribution < -0.4 is 5.56 Å². The van der Waals surface area contributed by atoms with Crippen LogP contribution in [0.4, 0.5) is 0 Å². The summed E-state index contributed by atoms with van der Waals surface area (Å²) in [6.07, 6.45) is 8.30. The van der Waals surface area contributed by atoms with E-state index in [4.69, 9.17) is 0 Å². The average Bonchev–Trinajstić information content (AvgIpc) is 3.50. The van der Waals surface area contributed by atoms with Crippen LogP contribution in [0.2, 0.25) is 0 Å². The maximum Gasteiger partial charge on any atom is 0.252 e. The fourth-order valence-electron chi connectivity index (χ4n) is 4.84. The van der Waals surface area contributed by atoms with Crippen LogP contribution in [0.3, 0.4) is 0 Å². The SMILES string of the molecule is Cc1ccc(C)c2[nH]c(=O)c(CN(Cc3cccnc3)Cc3nnnn3C3CCCC3)cc12. The summed E-state index contributed by atoms with van der Waals surface area (Å²) >= 11 is 0. The lowest BCUT2D eigenvalue weighted by atomic mass is 10.0. The van der Waals surface area contributed by atoms with Gasteiger partial charge in [0, 0.05) is 36.4 Å². The Balaban J connectivity index is 1.48. The molecule has 1 aliphatic rings. The number of pyridine rings is 2. The maximum atomic E-state index is 13.0. The van der Waals surface area contributed by atoms with Crippen molar-refractivity contribution in [2.24, 2.45) is 0 Å². The summed E-state index contributed by atoms with van der Waals surface area (Å²) in [4.78, 5) is 22.6. The first-order chi connectivity index (χ1) is 16.1. The molecule has 0 amide bonds. The highest BCUT2D eigenvalue weighted by Crippen LogP contribution is 2.29. The lowest BCUT2D eigenvalue weighted by Gasteiger charge is -2.23. The first kappa shape index (κ1) is 21.5. The first-order valence-electron chi connectivity index (χ1n) is 11.6. The first-order valence-corrected chi connectivity index (χ1v) is 11.6. The van der Waals surface area contributed by atoms with Gasteiger partial charge in [-0.3, -0.25) is 14.7 Å². The number of tetrazole rings is 1. The molecule has 1 N–H and O–H groups in total. The number of rotatable bonds is 7. The number of aromatic nitrogens is 6. The topological polar surface area (TPSA) is 92.6 Å². The van der Waals surface area contributed by atoms with E-state index in [0.29, 0.717) is 25.7 Å². The Morgan fingerprint density at radius 1 is 1.09 bits per heavy atom. The van der Waals surface area contributed by atoms with E-state index >= 15 is 0 Å². The molecular formula is C25H29N7O. The van der Waals surface area contributed by atoms with Crippen molar-refractivity contribution in [2.45, 2.75) is 65.2 Å². The standard InChI is InChI=1S/C25H29N7O/c1-17-9-10-18(2)24-22(17)12-20(25(33)27-24)15-31(14-19-6-5-11-26-13-19)16-23-28-29-30-32(23)21-7-3-4-8-21/h5-6,9-13,21H,3-4,7-8,14-16H2,1-2H3,(H,27,33). The van der Waals surface area contributed by atoms with Crippen LogP contribution in [-0.2, 0) is 19.6 Å². The average molecular weight is 444 g/mol. The van der Waals surface area contributed by atoms with E-state index in [-0.39, 0.29) is 5.56 Å². The zero-order valence-electron chi connectivity index (χ0n) is 19.2. The van der Waals surface area contributed by atoms with Crippen LogP contribution in [0.1, 0.15) is 59.8 Å². The number of hydrogen-bond acceptors (Lipinski definition) is 6. The quantitative estimate of drug-likeness (QED) is 0.466. The van der Waals surface area contributed by atoms with Crippen LogP contribution in [0, 0.1) is 13.8 Å². The van der Waals surface area contributed by atoms with Crippen molar-refractivity contribution in [3.8, 4) is 0 Å². The van der Waals surface area contributed by atoms with Crippen molar-refractivity contribution >= 4 is 10.9 Å². The molecule has 3 heterocycles. The second-order valence-electron chi connectivity index (χ2n) is 9.10. The summed E-state index contributed by atoms with van der Waals surface area (Å²) in [7, 11) is 0. The Labute approximate surface area is 192 Å². The molecule has 0 radical (unpaired) electrons. The molecule has 5 rings (SSSR count). The van der Waals surface area contributed by atoms with Crippen molar-refractivity contribution in [2.75, 3.05) is 0 Å². The Bertz CT molecular complexity index is 1310. The van der Waals surface area contributed by atoms with Gasteiger partial charge in [0.1, 0.15) is 0 Å². The fourth-order valence-corrected chi connectivity index (χ4v) is 4.84. The summed E-state index contributed by atoms with van der Waals surface area (Å²) in [6, 6.07) is 10.5. The van der Waals surface area contributed by atoms with Gasteiger partial charge in [0.15, 0.2) is 5.82 Å². The van der Waals surface area contributed by atoms with Crippen molar-refractivity contribution in [3.05, 3.63) is 81.2 Å². The van der Waals surface area contributed by atoms with E-state index in [1.165, 1.54) is 12.8 Å². The molecule has 0 spiro atoms. The van der Waals surface area contributed by atoms with E-state index in [1.54, 1.807) is 6.20 Å². The third-order valence-corrected chi connectivity index (χ3v) is 6.64. The van der Waals surface area contributed by atoms with Gasteiger partial charge >= 0.3 is 0 Å². The van der Waals surface area contributed by atoms with Gasteiger partial charge in [-0.1, -0.05) is 31.0 Å². The molecule has 170 valence electrons. The summed E-state index contributed by atoms with van der Waals surface area (Å²) < 4.78 is 1.99. The Hall–Kier alpha value is -3.39. The fraction of sp³-hybridized carbons (Fsp3) is 0.400. The number of aryl methyl sites for hydroxylation is 2. The smallest absolute Gasteiger partial charge is 0.252 e. The molecule has 0 aliphatic heterocycles. The molecule has 0 bridgehead atoms. The molecule has 8 heteroatoms. The molecule has 3 aromatic heterocycles. The molecule has 0 unspecified atom stereocenters.